The van der Waals surface area contributed by atoms with Crippen LogP contribution in [0.15, 0.2) is 86.0 Å². The number of hydrogen-bond donors (Lipinski definition) is 0. The summed E-state index contributed by atoms with van der Waals surface area (Å²) in [6.45, 7) is 11.2. The zero-order valence-electron chi connectivity index (χ0n) is 19.1. The highest BCUT2D eigenvalue weighted by Gasteiger charge is 2.21. The maximum Gasteiger partial charge on any atom is 0.372 e. The number of rotatable bonds is 8. The van der Waals surface area contributed by atoms with Crippen molar-refractivity contribution in [2.75, 3.05) is 0 Å². The molecule has 3 aromatic rings. The van der Waals surface area contributed by atoms with E-state index in [9.17, 15) is 36.7 Å². The highest BCUT2D eigenvalue weighted by Crippen LogP contribution is 2.39. The smallest absolute Gasteiger partial charge is 0.372 e. The number of carbonyl (C=O) groups is 4. The maximum atomic E-state index is 13.2. The van der Waals surface area contributed by atoms with Crippen LogP contribution in [0.25, 0.3) is 21.5 Å². The SMILES string of the molecule is C=C(F)C(=O)Oc1cc2cc3cc(OC(=O)C(=C)F)c(OC(=O)C(=C)F)cc3cc2cc1OC(=O)C(=C)F. The van der Waals surface area contributed by atoms with Gasteiger partial charge in [0.1, 0.15) is 0 Å². The Morgan fingerprint density at radius 3 is 0.763 bits per heavy atom. The van der Waals surface area contributed by atoms with E-state index in [-0.39, 0.29) is 21.5 Å². The molecule has 8 nitrogen and oxygen atoms in total. The summed E-state index contributed by atoms with van der Waals surface area (Å²) in [5.74, 6) is -14.0. The third kappa shape index (κ3) is 6.10. The van der Waals surface area contributed by atoms with Crippen LogP contribution in [0.1, 0.15) is 0 Å². The average Bonchev–Trinajstić information content (AvgIpc) is 2.83. The fraction of sp³-hybridized carbons (Fsp3) is 0. The summed E-state index contributed by atoms with van der Waals surface area (Å²) in [6.07, 6.45) is 0. The summed E-state index contributed by atoms with van der Waals surface area (Å²) in [5, 5.41) is 1.05. The van der Waals surface area contributed by atoms with Crippen LogP contribution in [0, 0.1) is 0 Å². The van der Waals surface area contributed by atoms with E-state index in [1.165, 1.54) is 12.1 Å². The van der Waals surface area contributed by atoms with Crippen LogP contribution in [0.5, 0.6) is 23.0 Å². The van der Waals surface area contributed by atoms with E-state index in [1.54, 1.807) is 0 Å². The highest BCUT2D eigenvalue weighted by atomic mass is 19.1. The van der Waals surface area contributed by atoms with E-state index >= 15 is 0 Å². The predicted molar refractivity (Wildman–Crippen MR) is 125 cm³/mol. The van der Waals surface area contributed by atoms with Gasteiger partial charge < -0.3 is 18.9 Å². The van der Waals surface area contributed by atoms with E-state index in [2.05, 4.69) is 26.3 Å². The molecule has 0 unspecified atom stereocenters. The maximum absolute atomic E-state index is 13.2. The molecule has 12 heteroatoms. The summed E-state index contributed by atoms with van der Waals surface area (Å²) in [4.78, 5) is 46.9. The number of ether oxygens (including phenoxy) is 4. The van der Waals surface area contributed by atoms with Gasteiger partial charge in [-0.2, -0.15) is 17.6 Å². The van der Waals surface area contributed by atoms with Crippen LogP contribution in [0.2, 0.25) is 0 Å². The second-order valence-electron chi connectivity index (χ2n) is 7.32. The lowest BCUT2D eigenvalue weighted by Gasteiger charge is -2.14. The first kappa shape index (κ1) is 27.3. The van der Waals surface area contributed by atoms with Gasteiger partial charge in [-0.3, -0.25) is 0 Å². The lowest BCUT2D eigenvalue weighted by atomic mass is 10.0. The molecule has 0 aliphatic rings. The van der Waals surface area contributed by atoms with Crippen molar-refractivity contribution in [1.82, 2.24) is 0 Å². The van der Waals surface area contributed by atoms with Crippen LogP contribution in [0.4, 0.5) is 17.6 Å². The molecule has 0 atom stereocenters. The van der Waals surface area contributed by atoms with Crippen LogP contribution in [-0.4, -0.2) is 23.9 Å². The molecule has 3 aromatic carbocycles. The van der Waals surface area contributed by atoms with Crippen molar-refractivity contribution >= 4 is 45.4 Å². The molecule has 3 rings (SSSR count). The first-order valence-electron chi connectivity index (χ1n) is 10.1. The second-order valence-corrected chi connectivity index (χ2v) is 7.32. The Balaban J connectivity index is 2.23. The van der Waals surface area contributed by atoms with Crippen LogP contribution in [0.3, 0.4) is 0 Å². The number of halogens is 4. The summed E-state index contributed by atoms with van der Waals surface area (Å²) in [6, 6.07) is 7.36. The third-order valence-corrected chi connectivity index (χ3v) is 4.62. The summed E-state index contributed by atoms with van der Waals surface area (Å²) < 4.78 is 72.2. The molecule has 0 amide bonds. The zero-order valence-corrected chi connectivity index (χ0v) is 19.1. The molecular formula is C26H14F4O8. The fourth-order valence-electron chi connectivity index (χ4n) is 2.96. The Kier molecular flexibility index (Phi) is 7.76. The Morgan fingerprint density at radius 1 is 0.421 bits per heavy atom. The number of benzene rings is 3. The summed E-state index contributed by atoms with van der Waals surface area (Å²) in [5.41, 5.74) is 0. The van der Waals surface area contributed by atoms with Gasteiger partial charge in [0.2, 0.25) is 23.3 Å². The Morgan fingerprint density at radius 2 is 0.605 bits per heavy atom. The second kappa shape index (κ2) is 10.8. The zero-order chi connectivity index (χ0) is 28.3. The molecule has 0 bridgehead atoms. The van der Waals surface area contributed by atoms with E-state index in [4.69, 9.17) is 18.9 Å². The number of fused-ring (bicyclic) bond motifs is 2. The highest BCUT2D eigenvalue weighted by molar-refractivity contribution is 6.02. The van der Waals surface area contributed by atoms with Gasteiger partial charge in [0.15, 0.2) is 23.0 Å². The summed E-state index contributed by atoms with van der Waals surface area (Å²) in [7, 11) is 0. The van der Waals surface area contributed by atoms with Crippen molar-refractivity contribution in [3.05, 3.63) is 86.0 Å². The van der Waals surface area contributed by atoms with Crippen LogP contribution < -0.4 is 18.9 Å². The first-order valence-corrected chi connectivity index (χ1v) is 10.1. The molecule has 0 radical (unpaired) electrons. The average molecular weight is 530 g/mol. The van der Waals surface area contributed by atoms with E-state index in [1.807, 2.05) is 0 Å². The van der Waals surface area contributed by atoms with Gasteiger partial charge in [0.25, 0.3) is 0 Å². The van der Waals surface area contributed by atoms with Gasteiger partial charge in [-0.25, -0.2) is 19.2 Å². The number of esters is 4. The number of hydrogen-bond acceptors (Lipinski definition) is 8. The molecule has 38 heavy (non-hydrogen) atoms. The van der Waals surface area contributed by atoms with Crippen molar-refractivity contribution in [2.24, 2.45) is 0 Å². The van der Waals surface area contributed by atoms with Crippen molar-refractivity contribution in [2.45, 2.75) is 0 Å². The Bertz CT molecular complexity index is 1370. The van der Waals surface area contributed by atoms with Crippen molar-refractivity contribution in [3.8, 4) is 23.0 Å². The van der Waals surface area contributed by atoms with E-state index < -0.39 is 70.2 Å². The van der Waals surface area contributed by atoms with Crippen molar-refractivity contribution < 1.29 is 55.7 Å². The summed E-state index contributed by atoms with van der Waals surface area (Å²) >= 11 is 0. The number of carbonyl (C=O) groups excluding carboxylic acids is 4. The predicted octanol–water partition coefficient (Wildman–Crippen LogP) is 5.55. The van der Waals surface area contributed by atoms with Gasteiger partial charge in [-0.1, -0.05) is 26.3 Å². The van der Waals surface area contributed by atoms with Gasteiger partial charge in [0, 0.05) is 0 Å². The molecule has 0 heterocycles. The topological polar surface area (TPSA) is 105 Å². The molecule has 0 aliphatic heterocycles. The monoisotopic (exact) mass is 530 g/mol. The minimum Gasteiger partial charge on any atom is -0.417 e. The molecule has 0 spiro atoms. The van der Waals surface area contributed by atoms with Crippen LogP contribution >= 0.6 is 0 Å². The van der Waals surface area contributed by atoms with E-state index in [0.717, 1.165) is 24.3 Å². The van der Waals surface area contributed by atoms with Gasteiger partial charge >= 0.3 is 23.9 Å². The lowest BCUT2D eigenvalue weighted by Crippen LogP contribution is -2.12. The Labute approximate surface area is 210 Å². The molecule has 194 valence electrons. The molecule has 0 saturated heterocycles. The standard InChI is InChI=1S/C26H14F4O8/c1-11(27)23(31)35-19-7-15-5-17-9-21(37-25(33)13(3)29)22(38-26(34)14(4)30)10-18(17)6-16(15)8-20(19)36-24(32)12(2)28/h5-10H,1-4H2. The van der Waals surface area contributed by atoms with Gasteiger partial charge in [-0.15, -0.1) is 0 Å². The van der Waals surface area contributed by atoms with E-state index in [0.29, 0.717) is 0 Å². The van der Waals surface area contributed by atoms with Gasteiger partial charge in [-0.05, 0) is 57.9 Å². The largest absolute Gasteiger partial charge is 0.417 e. The molecule has 0 saturated carbocycles. The molecule has 0 aliphatic carbocycles. The quantitative estimate of drug-likeness (QED) is 0.123. The lowest BCUT2D eigenvalue weighted by molar-refractivity contribution is -0.134. The molecule has 0 fully saturated rings. The van der Waals surface area contributed by atoms with Crippen molar-refractivity contribution in [3.63, 3.8) is 0 Å². The minimum atomic E-state index is -1.52. The normalized spacial score (nSPS) is 10.4. The Hall–Kier alpha value is -5.26. The van der Waals surface area contributed by atoms with Crippen molar-refractivity contribution in [1.29, 1.82) is 0 Å². The molecular weight excluding hydrogens is 516 g/mol. The third-order valence-electron chi connectivity index (χ3n) is 4.62. The first-order chi connectivity index (χ1) is 17.8. The minimum absolute atomic E-state index is 0.262. The fourth-order valence-corrected chi connectivity index (χ4v) is 2.96. The molecule has 0 aromatic heterocycles. The molecule has 0 N–H and O–H groups in total. The van der Waals surface area contributed by atoms with Gasteiger partial charge in [0.05, 0.1) is 0 Å². The van der Waals surface area contributed by atoms with Crippen LogP contribution in [-0.2, 0) is 19.2 Å².